The first kappa shape index (κ1) is 20.0. The molecule has 1 aliphatic rings. The third-order valence-electron chi connectivity index (χ3n) is 4.64. The fraction of sp³-hybridized carbons (Fsp3) is 0.409. The quantitative estimate of drug-likeness (QED) is 0.611. The molecule has 3 rings (SSSR count). The molecule has 0 saturated carbocycles. The Balaban J connectivity index is 1.79. The van der Waals surface area contributed by atoms with E-state index >= 15 is 0 Å². The zero-order chi connectivity index (χ0) is 19.9. The van der Waals surface area contributed by atoms with Gasteiger partial charge in [0.25, 0.3) is 5.91 Å². The smallest absolute Gasteiger partial charge is 0.289 e. The van der Waals surface area contributed by atoms with E-state index in [1.807, 2.05) is 25.1 Å². The summed E-state index contributed by atoms with van der Waals surface area (Å²) in [5, 5.41) is 0. The Morgan fingerprint density at radius 2 is 2.18 bits per heavy atom. The van der Waals surface area contributed by atoms with Crippen molar-refractivity contribution in [3.05, 3.63) is 60.1 Å². The first-order chi connectivity index (χ1) is 13.6. The van der Waals surface area contributed by atoms with Gasteiger partial charge in [-0.1, -0.05) is 18.7 Å². The third-order valence-corrected chi connectivity index (χ3v) is 4.64. The van der Waals surface area contributed by atoms with Crippen LogP contribution in [0.4, 0.5) is 0 Å². The standard InChI is InChI=1S/C22H27NO5/c1-4-11-27-19-10-8-17(13-21(19)25-3)14-23(15-18-6-5-12-26-18)22(24)20-9-7-16(2)28-20/h4,7-10,13,18H,1,5-6,11-12,14-15H2,2-3H3/t18-/m1/s1. The highest BCUT2D eigenvalue weighted by Crippen LogP contribution is 2.29. The molecule has 0 N–H and O–H groups in total. The lowest BCUT2D eigenvalue weighted by molar-refractivity contribution is 0.0483. The van der Waals surface area contributed by atoms with Crippen LogP contribution in [0.5, 0.6) is 11.5 Å². The van der Waals surface area contributed by atoms with Crippen LogP contribution >= 0.6 is 0 Å². The molecule has 1 fully saturated rings. The summed E-state index contributed by atoms with van der Waals surface area (Å²) in [7, 11) is 1.60. The van der Waals surface area contributed by atoms with Crippen molar-refractivity contribution < 1.29 is 23.4 Å². The van der Waals surface area contributed by atoms with Crippen LogP contribution in [0.2, 0.25) is 0 Å². The van der Waals surface area contributed by atoms with E-state index in [9.17, 15) is 4.79 Å². The molecule has 1 amide bonds. The number of nitrogens with zero attached hydrogens (tertiary/aromatic N) is 1. The van der Waals surface area contributed by atoms with Crippen molar-refractivity contribution in [3.8, 4) is 11.5 Å². The van der Waals surface area contributed by atoms with Gasteiger partial charge in [0.1, 0.15) is 12.4 Å². The van der Waals surface area contributed by atoms with Crippen LogP contribution in [0.15, 0.2) is 47.4 Å². The Morgan fingerprint density at radius 3 is 2.82 bits per heavy atom. The minimum absolute atomic E-state index is 0.0529. The van der Waals surface area contributed by atoms with Gasteiger partial charge in [-0.2, -0.15) is 0 Å². The molecular weight excluding hydrogens is 358 g/mol. The minimum Gasteiger partial charge on any atom is -0.493 e. The minimum atomic E-state index is -0.144. The van der Waals surface area contributed by atoms with Crippen LogP contribution in [-0.4, -0.2) is 43.8 Å². The number of methoxy groups -OCH3 is 1. The van der Waals surface area contributed by atoms with E-state index < -0.39 is 0 Å². The number of hydrogen-bond donors (Lipinski definition) is 0. The van der Waals surface area contributed by atoms with E-state index in [4.69, 9.17) is 18.6 Å². The van der Waals surface area contributed by atoms with E-state index in [-0.39, 0.29) is 12.0 Å². The van der Waals surface area contributed by atoms with Gasteiger partial charge < -0.3 is 23.5 Å². The molecule has 0 radical (unpaired) electrons. The average Bonchev–Trinajstić information content (AvgIpc) is 3.37. The number of furan rings is 1. The number of hydrogen-bond acceptors (Lipinski definition) is 5. The van der Waals surface area contributed by atoms with Crippen molar-refractivity contribution in [3.63, 3.8) is 0 Å². The summed E-state index contributed by atoms with van der Waals surface area (Å²) in [5.41, 5.74) is 0.942. The molecule has 150 valence electrons. The maximum atomic E-state index is 13.0. The van der Waals surface area contributed by atoms with Crippen molar-refractivity contribution in [2.24, 2.45) is 0 Å². The van der Waals surface area contributed by atoms with Crippen LogP contribution in [0, 0.1) is 6.92 Å². The highest BCUT2D eigenvalue weighted by atomic mass is 16.5. The topological polar surface area (TPSA) is 61.1 Å². The molecule has 1 aliphatic heterocycles. The number of carbonyl (C=O) groups excluding carboxylic acids is 1. The molecule has 1 atom stereocenters. The molecule has 28 heavy (non-hydrogen) atoms. The van der Waals surface area contributed by atoms with Gasteiger partial charge in [-0.15, -0.1) is 0 Å². The number of carbonyl (C=O) groups is 1. The Hall–Kier alpha value is -2.73. The Morgan fingerprint density at radius 1 is 1.32 bits per heavy atom. The molecule has 0 unspecified atom stereocenters. The average molecular weight is 385 g/mol. The fourth-order valence-corrected chi connectivity index (χ4v) is 3.26. The van der Waals surface area contributed by atoms with E-state index in [1.54, 1.807) is 30.2 Å². The lowest BCUT2D eigenvalue weighted by atomic mass is 10.1. The summed E-state index contributed by atoms with van der Waals surface area (Å²) in [6, 6.07) is 9.19. The molecule has 0 spiro atoms. The SMILES string of the molecule is C=CCOc1ccc(CN(C[C@H]2CCCO2)C(=O)c2ccc(C)o2)cc1OC. The van der Waals surface area contributed by atoms with E-state index in [0.717, 1.165) is 25.0 Å². The van der Waals surface area contributed by atoms with Crippen molar-refractivity contribution in [2.45, 2.75) is 32.4 Å². The summed E-state index contributed by atoms with van der Waals surface area (Å²) in [4.78, 5) is 14.8. The van der Waals surface area contributed by atoms with Crippen LogP contribution < -0.4 is 9.47 Å². The summed E-state index contributed by atoms with van der Waals surface area (Å²) in [6.07, 6.45) is 3.71. The second-order valence-corrected chi connectivity index (χ2v) is 6.82. The summed E-state index contributed by atoms with van der Waals surface area (Å²) in [6.45, 7) is 7.58. The maximum Gasteiger partial charge on any atom is 0.289 e. The second kappa shape index (κ2) is 9.46. The number of amides is 1. The van der Waals surface area contributed by atoms with Crippen LogP contribution in [0.3, 0.4) is 0 Å². The predicted molar refractivity (Wildman–Crippen MR) is 106 cm³/mol. The predicted octanol–water partition coefficient (Wildman–Crippen LogP) is 3.98. The van der Waals surface area contributed by atoms with Gasteiger partial charge >= 0.3 is 0 Å². The van der Waals surface area contributed by atoms with Crippen LogP contribution in [0.25, 0.3) is 0 Å². The highest BCUT2D eigenvalue weighted by Gasteiger charge is 2.25. The number of aryl methyl sites for hydroxylation is 1. The number of benzene rings is 1. The van der Waals surface area contributed by atoms with Gasteiger partial charge in [-0.05, 0) is 49.6 Å². The molecular formula is C22H27NO5. The molecule has 0 bridgehead atoms. The van der Waals surface area contributed by atoms with Crippen molar-refractivity contribution in [1.82, 2.24) is 4.90 Å². The van der Waals surface area contributed by atoms with Crippen LogP contribution in [-0.2, 0) is 11.3 Å². The number of ether oxygens (including phenoxy) is 3. The molecule has 2 heterocycles. The summed E-state index contributed by atoms with van der Waals surface area (Å²) < 4.78 is 22.3. The molecule has 0 aliphatic carbocycles. The second-order valence-electron chi connectivity index (χ2n) is 6.82. The Labute approximate surface area is 165 Å². The van der Waals surface area contributed by atoms with Crippen molar-refractivity contribution in [1.29, 1.82) is 0 Å². The monoisotopic (exact) mass is 385 g/mol. The third kappa shape index (κ3) is 4.95. The summed E-state index contributed by atoms with van der Waals surface area (Å²) in [5.74, 6) is 2.18. The van der Waals surface area contributed by atoms with Gasteiger partial charge in [-0.3, -0.25) is 4.79 Å². The van der Waals surface area contributed by atoms with Gasteiger partial charge in [0, 0.05) is 19.7 Å². The number of rotatable bonds is 9. The van der Waals surface area contributed by atoms with Crippen molar-refractivity contribution in [2.75, 3.05) is 26.9 Å². The Kier molecular flexibility index (Phi) is 6.76. The zero-order valence-corrected chi connectivity index (χ0v) is 16.5. The van der Waals surface area contributed by atoms with Gasteiger partial charge in [0.15, 0.2) is 17.3 Å². The lowest BCUT2D eigenvalue weighted by Gasteiger charge is -2.25. The Bertz CT molecular complexity index is 807. The van der Waals surface area contributed by atoms with Crippen LogP contribution in [0.1, 0.15) is 34.7 Å². The van der Waals surface area contributed by atoms with E-state index in [1.165, 1.54) is 0 Å². The van der Waals surface area contributed by atoms with Gasteiger partial charge in [0.05, 0.1) is 13.2 Å². The molecule has 1 aromatic heterocycles. The summed E-state index contributed by atoms with van der Waals surface area (Å²) >= 11 is 0. The normalized spacial score (nSPS) is 16.0. The van der Waals surface area contributed by atoms with Crippen molar-refractivity contribution >= 4 is 5.91 Å². The van der Waals surface area contributed by atoms with E-state index in [0.29, 0.717) is 42.7 Å². The highest BCUT2D eigenvalue weighted by molar-refractivity contribution is 5.91. The molecule has 6 heteroatoms. The molecule has 2 aromatic rings. The first-order valence-corrected chi connectivity index (χ1v) is 9.48. The fourth-order valence-electron chi connectivity index (χ4n) is 3.26. The zero-order valence-electron chi connectivity index (χ0n) is 16.5. The largest absolute Gasteiger partial charge is 0.493 e. The lowest BCUT2D eigenvalue weighted by Crippen LogP contribution is -2.36. The van der Waals surface area contributed by atoms with Gasteiger partial charge in [-0.25, -0.2) is 0 Å². The maximum absolute atomic E-state index is 13.0. The molecule has 6 nitrogen and oxygen atoms in total. The first-order valence-electron chi connectivity index (χ1n) is 9.48. The van der Waals surface area contributed by atoms with E-state index in [2.05, 4.69) is 6.58 Å². The van der Waals surface area contributed by atoms with Gasteiger partial charge in [0.2, 0.25) is 0 Å². The molecule has 1 aromatic carbocycles. The molecule has 1 saturated heterocycles.